The molecule has 5 heteroatoms. The van der Waals surface area contributed by atoms with Crippen molar-refractivity contribution in [3.63, 3.8) is 0 Å². The van der Waals surface area contributed by atoms with Crippen molar-refractivity contribution in [1.82, 2.24) is 5.48 Å². The third-order valence-corrected chi connectivity index (χ3v) is 2.64. The summed E-state index contributed by atoms with van der Waals surface area (Å²) in [6.07, 6.45) is 0. The summed E-state index contributed by atoms with van der Waals surface area (Å²) < 4.78 is 0. The quantitative estimate of drug-likeness (QED) is 0.573. The highest BCUT2D eigenvalue weighted by atomic mass is 32.1. The van der Waals surface area contributed by atoms with Crippen LogP contribution in [0, 0.1) is 5.92 Å². The molecule has 0 unspecified atom stereocenters. The van der Waals surface area contributed by atoms with Gasteiger partial charge in [0.05, 0.1) is 18.7 Å². The van der Waals surface area contributed by atoms with Gasteiger partial charge in [0.2, 0.25) is 5.91 Å². The van der Waals surface area contributed by atoms with Gasteiger partial charge in [-0.15, -0.1) is 11.3 Å². The van der Waals surface area contributed by atoms with Crippen molar-refractivity contribution < 1.29 is 9.63 Å². The number of hydrogen-bond acceptors (Lipinski definition) is 4. The first-order chi connectivity index (χ1) is 7.09. The second-order valence-corrected chi connectivity index (χ2v) is 4.69. The van der Waals surface area contributed by atoms with Crippen molar-refractivity contribution in [3.8, 4) is 0 Å². The fraction of sp³-hybridized carbons (Fsp3) is 0.500. The molecule has 1 heterocycles. The van der Waals surface area contributed by atoms with Crippen LogP contribution in [0.4, 0.5) is 0 Å². The van der Waals surface area contributed by atoms with Crippen LogP contribution in [-0.4, -0.2) is 12.5 Å². The van der Waals surface area contributed by atoms with E-state index in [-0.39, 0.29) is 5.91 Å². The van der Waals surface area contributed by atoms with Gasteiger partial charge < -0.3 is 10.6 Å². The molecule has 1 rings (SSSR count). The number of nitrogens with two attached hydrogens (primary N) is 1. The van der Waals surface area contributed by atoms with Crippen molar-refractivity contribution in [2.24, 2.45) is 11.7 Å². The van der Waals surface area contributed by atoms with Gasteiger partial charge in [0.25, 0.3) is 0 Å². The number of rotatable bonds is 6. The molecule has 0 atom stereocenters. The topological polar surface area (TPSA) is 64.3 Å². The predicted octanol–water partition coefficient (Wildman–Crippen LogP) is 1.52. The fourth-order valence-corrected chi connectivity index (χ4v) is 1.75. The summed E-state index contributed by atoms with van der Waals surface area (Å²) in [6, 6.07) is 1.78. The molecule has 0 fully saturated rings. The summed E-state index contributed by atoms with van der Waals surface area (Å²) in [5.74, 6) is 0.114. The Kier molecular flexibility index (Phi) is 4.74. The van der Waals surface area contributed by atoms with Gasteiger partial charge in [-0.05, 0) is 12.0 Å². The first-order valence-electron chi connectivity index (χ1n) is 4.81. The Labute approximate surface area is 93.4 Å². The Morgan fingerprint density at radius 3 is 2.93 bits per heavy atom. The number of amides is 1. The van der Waals surface area contributed by atoms with Gasteiger partial charge in [-0.2, -0.15) is 5.48 Å². The Bertz CT molecular complexity index is 323. The van der Waals surface area contributed by atoms with Gasteiger partial charge >= 0.3 is 0 Å². The number of carbonyl (C=O) groups excluding carboxylic acids is 1. The molecule has 0 aliphatic heterocycles. The maximum Gasteiger partial charge on any atom is 0.249 e. The van der Waals surface area contributed by atoms with Gasteiger partial charge in [0.1, 0.15) is 0 Å². The van der Waals surface area contributed by atoms with Crippen LogP contribution in [0.2, 0.25) is 0 Å². The van der Waals surface area contributed by atoms with E-state index in [0.29, 0.717) is 24.6 Å². The smallest absolute Gasteiger partial charge is 0.249 e. The van der Waals surface area contributed by atoms with E-state index < -0.39 is 0 Å². The summed E-state index contributed by atoms with van der Waals surface area (Å²) in [5.41, 5.74) is 8.54. The largest absolute Gasteiger partial charge is 0.366 e. The van der Waals surface area contributed by atoms with E-state index in [4.69, 9.17) is 10.6 Å². The normalized spacial score (nSPS) is 10.9. The van der Waals surface area contributed by atoms with Crippen LogP contribution in [0.1, 0.15) is 29.1 Å². The molecular formula is C10H16N2O2S. The number of nitrogens with one attached hydrogen (secondary N) is 1. The zero-order chi connectivity index (χ0) is 11.3. The third-order valence-electron chi connectivity index (χ3n) is 1.70. The highest BCUT2D eigenvalue weighted by molar-refractivity contribution is 7.10. The summed E-state index contributed by atoms with van der Waals surface area (Å²) in [5, 5.41) is 1.75. The zero-order valence-electron chi connectivity index (χ0n) is 8.95. The predicted molar refractivity (Wildman–Crippen MR) is 60.5 cm³/mol. The van der Waals surface area contributed by atoms with Crippen LogP contribution in [0.3, 0.4) is 0 Å². The molecule has 15 heavy (non-hydrogen) atoms. The lowest BCUT2D eigenvalue weighted by Gasteiger charge is -2.06. The highest BCUT2D eigenvalue weighted by Crippen LogP contribution is 2.13. The lowest BCUT2D eigenvalue weighted by atomic mass is 10.2. The second kappa shape index (κ2) is 5.85. The number of hydroxylamine groups is 1. The van der Waals surface area contributed by atoms with E-state index >= 15 is 0 Å². The molecule has 0 radical (unpaired) electrons. The van der Waals surface area contributed by atoms with E-state index in [1.54, 1.807) is 11.4 Å². The molecule has 84 valence electrons. The Balaban J connectivity index is 2.29. The lowest BCUT2D eigenvalue weighted by molar-refractivity contribution is 0.0201. The third kappa shape index (κ3) is 4.42. The molecule has 1 aromatic rings. The van der Waals surface area contributed by atoms with Crippen molar-refractivity contribution in [2.75, 3.05) is 6.61 Å². The lowest BCUT2D eigenvalue weighted by Crippen LogP contribution is -2.16. The van der Waals surface area contributed by atoms with Gasteiger partial charge in [-0.25, -0.2) is 0 Å². The second-order valence-electron chi connectivity index (χ2n) is 3.69. The number of hydrogen-bond donors (Lipinski definition) is 2. The first-order valence-corrected chi connectivity index (χ1v) is 5.69. The van der Waals surface area contributed by atoms with E-state index in [1.165, 1.54) is 11.3 Å². The average molecular weight is 228 g/mol. The van der Waals surface area contributed by atoms with Gasteiger partial charge in [0.15, 0.2) is 0 Å². The molecule has 0 aromatic carbocycles. The van der Waals surface area contributed by atoms with Crippen molar-refractivity contribution >= 4 is 17.2 Å². The van der Waals surface area contributed by atoms with Crippen LogP contribution in [0.15, 0.2) is 11.4 Å². The Hall–Kier alpha value is -0.910. The minimum absolute atomic E-state index is 0.388. The molecule has 4 nitrogen and oxygen atoms in total. The van der Waals surface area contributed by atoms with Crippen LogP contribution in [-0.2, 0) is 11.4 Å². The van der Waals surface area contributed by atoms with E-state index in [2.05, 4.69) is 19.3 Å². The molecule has 0 spiro atoms. The Morgan fingerprint density at radius 1 is 1.67 bits per heavy atom. The zero-order valence-corrected chi connectivity index (χ0v) is 9.76. The van der Waals surface area contributed by atoms with Crippen LogP contribution in [0.25, 0.3) is 0 Å². The van der Waals surface area contributed by atoms with Crippen molar-refractivity contribution in [2.45, 2.75) is 20.4 Å². The number of carbonyl (C=O) groups is 1. The van der Waals surface area contributed by atoms with Crippen molar-refractivity contribution in [3.05, 3.63) is 21.9 Å². The molecule has 1 aromatic heterocycles. The SMILES string of the molecule is CC(C)CONCc1cc(C(N)=O)cs1. The van der Waals surface area contributed by atoms with E-state index in [0.717, 1.165) is 4.88 Å². The molecule has 1 amide bonds. The minimum Gasteiger partial charge on any atom is -0.366 e. The summed E-state index contributed by atoms with van der Waals surface area (Å²) >= 11 is 1.49. The number of thiophene rings is 1. The molecule has 0 aliphatic rings. The molecule has 0 aliphatic carbocycles. The van der Waals surface area contributed by atoms with Crippen LogP contribution < -0.4 is 11.2 Å². The van der Waals surface area contributed by atoms with Gasteiger partial charge in [0, 0.05) is 10.3 Å². The fourth-order valence-electron chi connectivity index (χ4n) is 0.950. The summed E-state index contributed by atoms with van der Waals surface area (Å²) in [4.78, 5) is 17.1. The number of primary amides is 1. The van der Waals surface area contributed by atoms with Gasteiger partial charge in [-0.3, -0.25) is 4.79 Å². The minimum atomic E-state index is -0.388. The molecule has 0 saturated carbocycles. The maximum atomic E-state index is 10.8. The summed E-state index contributed by atoms with van der Waals surface area (Å²) in [6.45, 7) is 5.44. The maximum absolute atomic E-state index is 10.8. The van der Waals surface area contributed by atoms with Gasteiger partial charge in [-0.1, -0.05) is 13.8 Å². The van der Waals surface area contributed by atoms with E-state index in [9.17, 15) is 4.79 Å². The monoisotopic (exact) mass is 228 g/mol. The molecular weight excluding hydrogens is 212 g/mol. The van der Waals surface area contributed by atoms with E-state index in [1.807, 2.05) is 0 Å². The first kappa shape index (κ1) is 12.2. The average Bonchev–Trinajstić information content (AvgIpc) is 2.60. The molecule has 3 N–H and O–H groups in total. The Morgan fingerprint density at radius 2 is 2.40 bits per heavy atom. The standard InChI is InChI=1S/C10H16N2O2S/c1-7(2)5-14-12-4-9-3-8(6-15-9)10(11)13/h3,6-7,12H,4-5H2,1-2H3,(H2,11,13). The van der Waals surface area contributed by atoms with Crippen molar-refractivity contribution in [1.29, 1.82) is 0 Å². The van der Waals surface area contributed by atoms with Crippen LogP contribution in [0.5, 0.6) is 0 Å². The summed E-state index contributed by atoms with van der Waals surface area (Å²) in [7, 11) is 0. The molecule has 0 saturated heterocycles. The highest BCUT2D eigenvalue weighted by Gasteiger charge is 2.04. The molecule has 0 bridgehead atoms. The van der Waals surface area contributed by atoms with Crippen LogP contribution >= 0.6 is 11.3 Å².